The number of aromatic amines is 1. The third-order valence-electron chi connectivity index (χ3n) is 8.52. The van der Waals surface area contributed by atoms with E-state index in [0.717, 1.165) is 36.0 Å². The van der Waals surface area contributed by atoms with E-state index in [2.05, 4.69) is 13.8 Å². The number of ether oxygens (including phenoxy) is 2. The number of hydrogen-bond acceptors (Lipinski definition) is 8. The van der Waals surface area contributed by atoms with Gasteiger partial charge in [-0.15, -0.1) is 0 Å². The quantitative estimate of drug-likeness (QED) is 0.0591. The van der Waals surface area contributed by atoms with Crippen LogP contribution in [0.3, 0.4) is 0 Å². The van der Waals surface area contributed by atoms with Crippen LogP contribution >= 0.6 is 19.6 Å². The molecule has 1 aromatic rings. The van der Waals surface area contributed by atoms with Crippen LogP contribution in [0.15, 0.2) is 15.8 Å². The van der Waals surface area contributed by atoms with E-state index in [1.54, 1.807) is 16.7 Å². The van der Waals surface area contributed by atoms with Crippen LogP contribution in [0.4, 0.5) is 8.78 Å². The summed E-state index contributed by atoms with van der Waals surface area (Å²) in [5.41, 5.74) is -2.15. The van der Waals surface area contributed by atoms with Gasteiger partial charge in [0.25, 0.3) is 5.56 Å². The lowest BCUT2D eigenvalue weighted by Crippen LogP contribution is -2.34. The van der Waals surface area contributed by atoms with Gasteiger partial charge in [-0.25, -0.2) is 13.8 Å². The van der Waals surface area contributed by atoms with Crippen molar-refractivity contribution in [3.05, 3.63) is 32.9 Å². The third kappa shape index (κ3) is 18.8. The molecular formula is C34H61F2N2O8PS. The smallest absolute Gasteiger partial charge is 0.375 e. The molecule has 0 spiro atoms. The van der Waals surface area contributed by atoms with Crippen molar-refractivity contribution in [1.29, 1.82) is 0 Å². The van der Waals surface area contributed by atoms with Gasteiger partial charge in [0, 0.05) is 18.8 Å². The molecule has 0 radical (unpaired) electrons. The van der Waals surface area contributed by atoms with Crippen LogP contribution < -0.4 is 11.2 Å². The summed E-state index contributed by atoms with van der Waals surface area (Å²) in [5.74, 6) is 0.364. The predicted octanol–water partition coefficient (Wildman–Crippen LogP) is 8.61. The number of nitrogens with zero attached hydrogens (tertiary/aromatic N) is 1. The Kier molecular flexibility index (Phi) is 23.2. The van der Waals surface area contributed by atoms with Gasteiger partial charge < -0.3 is 14.4 Å². The summed E-state index contributed by atoms with van der Waals surface area (Å²) < 4.78 is 63.6. The molecule has 14 heteroatoms. The molecule has 1 saturated heterocycles. The number of halogens is 2. The Balaban J connectivity index is 1.74. The van der Waals surface area contributed by atoms with Crippen LogP contribution in [0.25, 0.3) is 0 Å². The molecule has 10 nitrogen and oxygen atoms in total. The SMILES string of the molecule is CCCCCCCCCCCCSC[C@H](COP(=O)(O)OCC1OC(n2cc(F)c(=O)[nH]c2=O)CC1F)OCCCCCCCCCC. The molecule has 0 amide bonds. The number of rotatable bonds is 30. The average molecular weight is 727 g/mol. The van der Waals surface area contributed by atoms with E-state index < -0.39 is 56.1 Å². The summed E-state index contributed by atoms with van der Waals surface area (Å²) in [7, 11) is -4.59. The second-order valence-corrected chi connectivity index (χ2v) is 15.4. The Morgan fingerprint density at radius 2 is 1.50 bits per heavy atom. The van der Waals surface area contributed by atoms with Crippen molar-refractivity contribution in [2.45, 2.75) is 160 Å². The number of unbranched alkanes of at least 4 members (excludes halogenated alkanes) is 16. The number of phosphoric acid groups is 1. The van der Waals surface area contributed by atoms with Gasteiger partial charge in [0.05, 0.1) is 25.5 Å². The summed E-state index contributed by atoms with van der Waals surface area (Å²) in [6.07, 6.45) is 17.9. The average Bonchev–Trinajstić information content (AvgIpc) is 3.43. The number of aromatic nitrogens is 2. The van der Waals surface area contributed by atoms with E-state index in [1.807, 2.05) is 0 Å². The first-order chi connectivity index (χ1) is 23.2. The maximum absolute atomic E-state index is 14.7. The highest BCUT2D eigenvalue weighted by molar-refractivity contribution is 7.99. The van der Waals surface area contributed by atoms with Crippen LogP contribution in [-0.4, -0.2) is 64.2 Å². The fourth-order valence-electron chi connectivity index (χ4n) is 5.60. The highest BCUT2D eigenvalue weighted by Crippen LogP contribution is 2.45. The molecule has 2 N–H and O–H groups in total. The van der Waals surface area contributed by atoms with Crippen molar-refractivity contribution < 1.29 is 36.8 Å². The molecule has 0 aliphatic carbocycles. The van der Waals surface area contributed by atoms with Crippen molar-refractivity contribution in [3.8, 4) is 0 Å². The van der Waals surface area contributed by atoms with Crippen molar-refractivity contribution in [2.75, 3.05) is 31.3 Å². The first kappa shape index (κ1) is 43.1. The van der Waals surface area contributed by atoms with E-state index in [1.165, 1.54) is 89.9 Å². The van der Waals surface area contributed by atoms with E-state index in [0.29, 0.717) is 18.6 Å². The second-order valence-electron chi connectivity index (χ2n) is 12.8. The summed E-state index contributed by atoms with van der Waals surface area (Å²) in [5, 5.41) is 0. The molecule has 0 saturated carbocycles. The summed E-state index contributed by atoms with van der Waals surface area (Å²) in [4.78, 5) is 35.5. The van der Waals surface area contributed by atoms with Crippen molar-refractivity contribution in [2.24, 2.45) is 0 Å². The van der Waals surface area contributed by atoms with Crippen LogP contribution in [0.5, 0.6) is 0 Å². The number of nitrogens with one attached hydrogen (secondary N) is 1. The Morgan fingerprint density at radius 1 is 0.938 bits per heavy atom. The number of H-pyrrole nitrogens is 1. The molecule has 0 bridgehead atoms. The Labute approximate surface area is 290 Å². The molecule has 5 atom stereocenters. The third-order valence-corrected chi connectivity index (χ3v) is 10.7. The molecule has 0 aromatic carbocycles. The maximum atomic E-state index is 14.7. The Hall–Kier alpha value is -1.08. The van der Waals surface area contributed by atoms with E-state index in [9.17, 15) is 27.8 Å². The van der Waals surface area contributed by atoms with Gasteiger partial charge in [0.15, 0.2) is 0 Å². The van der Waals surface area contributed by atoms with Crippen LogP contribution in [0, 0.1) is 5.82 Å². The van der Waals surface area contributed by atoms with Gasteiger partial charge in [-0.1, -0.05) is 117 Å². The fourth-order valence-corrected chi connectivity index (χ4v) is 7.40. The van der Waals surface area contributed by atoms with Gasteiger partial charge in [0.2, 0.25) is 5.82 Å². The van der Waals surface area contributed by atoms with Crippen LogP contribution in [-0.2, 0) is 23.1 Å². The summed E-state index contributed by atoms with van der Waals surface area (Å²) in [6.45, 7) is 4.20. The zero-order valence-corrected chi connectivity index (χ0v) is 30.9. The van der Waals surface area contributed by atoms with Crippen molar-refractivity contribution in [3.63, 3.8) is 0 Å². The molecule has 2 heterocycles. The monoisotopic (exact) mass is 726 g/mol. The van der Waals surface area contributed by atoms with Crippen molar-refractivity contribution in [1.82, 2.24) is 9.55 Å². The summed E-state index contributed by atoms with van der Waals surface area (Å²) in [6, 6.07) is 0. The molecule has 48 heavy (non-hydrogen) atoms. The highest BCUT2D eigenvalue weighted by atomic mass is 32.2. The zero-order chi connectivity index (χ0) is 35.0. The van der Waals surface area contributed by atoms with Gasteiger partial charge in [-0.05, 0) is 18.6 Å². The van der Waals surface area contributed by atoms with E-state index in [4.69, 9.17) is 18.5 Å². The lowest BCUT2D eigenvalue weighted by molar-refractivity contribution is -0.0395. The molecular weight excluding hydrogens is 665 g/mol. The normalized spacial score (nSPS) is 19.9. The lowest BCUT2D eigenvalue weighted by atomic mass is 10.1. The molecule has 1 fully saturated rings. The highest BCUT2D eigenvalue weighted by Gasteiger charge is 2.39. The van der Waals surface area contributed by atoms with Crippen LogP contribution in [0.2, 0.25) is 0 Å². The topological polar surface area (TPSA) is 129 Å². The first-order valence-corrected chi connectivity index (χ1v) is 20.9. The minimum absolute atomic E-state index is 0.158. The predicted molar refractivity (Wildman–Crippen MR) is 188 cm³/mol. The minimum Gasteiger partial charge on any atom is -0.375 e. The van der Waals surface area contributed by atoms with Gasteiger partial charge in [-0.2, -0.15) is 16.2 Å². The van der Waals surface area contributed by atoms with Gasteiger partial charge in [-0.3, -0.25) is 23.4 Å². The molecule has 1 aliphatic heterocycles. The minimum atomic E-state index is -4.59. The van der Waals surface area contributed by atoms with Gasteiger partial charge in [0.1, 0.15) is 18.5 Å². The number of phosphoric ester groups is 1. The maximum Gasteiger partial charge on any atom is 0.472 e. The van der Waals surface area contributed by atoms with Gasteiger partial charge >= 0.3 is 13.5 Å². The second kappa shape index (κ2) is 25.8. The number of hydrogen-bond donors (Lipinski definition) is 2. The fraction of sp³-hybridized carbons (Fsp3) is 0.882. The van der Waals surface area contributed by atoms with Crippen molar-refractivity contribution >= 4 is 19.6 Å². The molecule has 280 valence electrons. The lowest BCUT2D eigenvalue weighted by Gasteiger charge is -2.21. The van der Waals surface area contributed by atoms with E-state index in [-0.39, 0.29) is 13.0 Å². The van der Waals surface area contributed by atoms with E-state index >= 15 is 0 Å². The standard InChI is InChI=1S/C34H61F2N2O8PS/c1-3-5-7-9-11-13-14-16-18-20-22-48-27-28(43-21-19-17-15-12-10-8-6-4-2)25-44-47(41,42)45-26-31-29(35)23-32(46-31)38-24-30(36)33(39)37-34(38)40/h24,28-29,31-32H,3-23,25-27H2,1-2H3,(H,41,42)(H,37,39,40)/t28-,29?,31?,32?/m0/s1. The zero-order valence-electron chi connectivity index (χ0n) is 29.2. The molecule has 1 aromatic heterocycles. The Bertz CT molecular complexity index is 1140. The van der Waals surface area contributed by atoms with Crippen LogP contribution in [0.1, 0.15) is 142 Å². The molecule has 4 unspecified atom stereocenters. The molecule has 2 rings (SSSR count). The molecule has 1 aliphatic rings. The largest absolute Gasteiger partial charge is 0.472 e. The summed E-state index contributed by atoms with van der Waals surface area (Å²) >= 11 is 1.74. The number of thioether (sulfide) groups is 1. The Morgan fingerprint density at radius 3 is 2.10 bits per heavy atom. The number of alkyl halides is 1. The first-order valence-electron chi connectivity index (χ1n) is 18.3.